The Kier molecular flexibility index (Phi) is 2.78. The molecule has 1 aromatic carbocycles. The van der Waals surface area contributed by atoms with Crippen molar-refractivity contribution >= 4 is 22.6 Å². The van der Waals surface area contributed by atoms with Crippen LogP contribution in [0.25, 0.3) is 0 Å². The standard InChI is InChI=1S/C8H7NO4S/c9-14(12,13)8-2-6(4-10)1-7(3-8)5-11/h1-5H,(H2,9,12,13). The van der Waals surface area contributed by atoms with Crippen molar-refractivity contribution in [1.29, 1.82) is 0 Å². The molecule has 0 bridgehead atoms. The molecule has 0 unspecified atom stereocenters. The van der Waals surface area contributed by atoms with Crippen LogP contribution in [0.5, 0.6) is 0 Å². The summed E-state index contributed by atoms with van der Waals surface area (Å²) < 4.78 is 21.8. The number of primary sulfonamides is 1. The van der Waals surface area contributed by atoms with Crippen molar-refractivity contribution in [3.05, 3.63) is 29.3 Å². The highest BCUT2D eigenvalue weighted by atomic mass is 32.2. The number of nitrogens with two attached hydrogens (primary N) is 1. The molecular weight excluding hydrogens is 206 g/mol. The predicted octanol–water partition coefficient (Wildman–Crippen LogP) is -0.0410. The minimum atomic E-state index is -3.89. The van der Waals surface area contributed by atoms with Crippen LogP contribution in [0.3, 0.4) is 0 Å². The molecular formula is C8H7NO4S. The summed E-state index contributed by atoms with van der Waals surface area (Å²) in [6.07, 6.45) is 0.892. The van der Waals surface area contributed by atoms with Crippen LogP contribution < -0.4 is 5.14 Å². The third-order valence-electron chi connectivity index (χ3n) is 1.55. The number of hydrogen-bond acceptors (Lipinski definition) is 4. The van der Waals surface area contributed by atoms with E-state index in [1.54, 1.807) is 0 Å². The van der Waals surface area contributed by atoms with E-state index in [4.69, 9.17) is 5.14 Å². The van der Waals surface area contributed by atoms with Gasteiger partial charge in [0.15, 0.2) is 0 Å². The summed E-state index contributed by atoms with van der Waals surface area (Å²) in [6.45, 7) is 0. The largest absolute Gasteiger partial charge is 0.298 e. The molecule has 6 heteroatoms. The first-order chi connectivity index (χ1) is 6.47. The van der Waals surface area contributed by atoms with E-state index in [0.717, 1.165) is 12.1 Å². The van der Waals surface area contributed by atoms with Crippen molar-refractivity contribution in [3.63, 3.8) is 0 Å². The van der Waals surface area contributed by atoms with Crippen LogP contribution in [0.1, 0.15) is 20.7 Å². The zero-order chi connectivity index (χ0) is 10.8. The first-order valence-electron chi connectivity index (χ1n) is 3.55. The molecule has 0 spiro atoms. The van der Waals surface area contributed by atoms with Crippen LogP contribution in [-0.2, 0) is 10.0 Å². The van der Waals surface area contributed by atoms with Crippen LogP contribution in [0, 0.1) is 0 Å². The van der Waals surface area contributed by atoms with Gasteiger partial charge >= 0.3 is 0 Å². The highest BCUT2D eigenvalue weighted by molar-refractivity contribution is 7.89. The Morgan fingerprint density at radius 2 is 1.43 bits per heavy atom. The lowest BCUT2D eigenvalue weighted by Crippen LogP contribution is -2.12. The van der Waals surface area contributed by atoms with Crippen molar-refractivity contribution in [2.75, 3.05) is 0 Å². The summed E-state index contributed by atoms with van der Waals surface area (Å²) in [5.74, 6) is 0. The summed E-state index contributed by atoms with van der Waals surface area (Å²) in [4.78, 5) is 20.6. The van der Waals surface area contributed by atoms with Gasteiger partial charge in [-0.15, -0.1) is 0 Å². The summed E-state index contributed by atoms with van der Waals surface area (Å²) in [5.41, 5.74) is 0.192. The van der Waals surface area contributed by atoms with E-state index in [9.17, 15) is 18.0 Å². The fourth-order valence-electron chi connectivity index (χ4n) is 0.946. The maximum Gasteiger partial charge on any atom is 0.238 e. The summed E-state index contributed by atoms with van der Waals surface area (Å²) in [7, 11) is -3.89. The first-order valence-corrected chi connectivity index (χ1v) is 5.10. The number of sulfonamides is 1. The van der Waals surface area contributed by atoms with Crippen LogP contribution in [0.4, 0.5) is 0 Å². The monoisotopic (exact) mass is 213 g/mol. The van der Waals surface area contributed by atoms with Gasteiger partial charge in [-0.3, -0.25) is 9.59 Å². The number of aldehydes is 2. The van der Waals surface area contributed by atoms with Gasteiger partial charge < -0.3 is 0 Å². The molecule has 0 saturated carbocycles. The van der Waals surface area contributed by atoms with Gasteiger partial charge in [-0.05, 0) is 18.2 Å². The second-order valence-electron chi connectivity index (χ2n) is 2.62. The second kappa shape index (κ2) is 3.69. The molecule has 0 heterocycles. The lowest BCUT2D eigenvalue weighted by molar-refractivity contribution is 0.112. The molecule has 1 aromatic rings. The molecule has 74 valence electrons. The van der Waals surface area contributed by atoms with Gasteiger partial charge in [0.25, 0.3) is 0 Å². The topological polar surface area (TPSA) is 94.3 Å². The van der Waals surface area contributed by atoms with E-state index >= 15 is 0 Å². The smallest absolute Gasteiger partial charge is 0.238 e. The molecule has 0 aromatic heterocycles. The van der Waals surface area contributed by atoms with Crippen molar-refractivity contribution in [1.82, 2.24) is 0 Å². The fraction of sp³-hybridized carbons (Fsp3) is 0. The Bertz CT molecular complexity index is 452. The van der Waals surface area contributed by atoms with Crippen LogP contribution in [0.15, 0.2) is 23.1 Å². The Labute approximate surface area is 80.6 Å². The Hall–Kier alpha value is -1.53. The molecule has 0 saturated heterocycles. The van der Waals surface area contributed by atoms with Gasteiger partial charge in [0, 0.05) is 11.1 Å². The Balaban J connectivity index is 3.46. The van der Waals surface area contributed by atoms with Gasteiger partial charge in [-0.25, -0.2) is 13.6 Å². The summed E-state index contributed by atoms with van der Waals surface area (Å²) in [5, 5.41) is 4.84. The molecule has 1 rings (SSSR count). The van der Waals surface area contributed by atoms with Gasteiger partial charge in [0.05, 0.1) is 4.90 Å². The number of carbonyl (C=O) groups is 2. The minimum absolute atomic E-state index is 0.0959. The van der Waals surface area contributed by atoms with E-state index < -0.39 is 10.0 Å². The van der Waals surface area contributed by atoms with Gasteiger partial charge in [0.1, 0.15) is 12.6 Å². The molecule has 5 nitrogen and oxygen atoms in total. The zero-order valence-corrected chi connectivity index (χ0v) is 7.82. The summed E-state index contributed by atoms with van der Waals surface area (Å²) in [6, 6.07) is 3.49. The Morgan fingerprint density at radius 3 is 1.71 bits per heavy atom. The van der Waals surface area contributed by atoms with Gasteiger partial charge in [-0.1, -0.05) is 0 Å². The first kappa shape index (κ1) is 10.6. The molecule has 0 aliphatic rings. The van der Waals surface area contributed by atoms with Crippen LogP contribution >= 0.6 is 0 Å². The molecule has 2 N–H and O–H groups in total. The van der Waals surface area contributed by atoms with E-state index in [-0.39, 0.29) is 16.0 Å². The maximum absolute atomic E-state index is 10.9. The highest BCUT2D eigenvalue weighted by Gasteiger charge is 2.10. The van der Waals surface area contributed by atoms with Crippen molar-refractivity contribution < 1.29 is 18.0 Å². The lowest BCUT2D eigenvalue weighted by atomic mass is 10.1. The Morgan fingerprint density at radius 1 is 1.00 bits per heavy atom. The summed E-state index contributed by atoms with van der Waals surface area (Å²) >= 11 is 0. The van der Waals surface area contributed by atoms with Gasteiger partial charge in [-0.2, -0.15) is 0 Å². The predicted molar refractivity (Wildman–Crippen MR) is 48.6 cm³/mol. The number of rotatable bonds is 3. The third kappa shape index (κ3) is 2.24. The van der Waals surface area contributed by atoms with Crippen molar-refractivity contribution in [3.8, 4) is 0 Å². The fourth-order valence-corrected chi connectivity index (χ4v) is 1.55. The van der Waals surface area contributed by atoms with E-state index in [1.807, 2.05) is 0 Å². The zero-order valence-electron chi connectivity index (χ0n) is 7.01. The molecule has 0 radical (unpaired) electrons. The highest BCUT2D eigenvalue weighted by Crippen LogP contribution is 2.11. The molecule has 0 aliphatic heterocycles. The molecule has 0 atom stereocenters. The molecule has 0 aliphatic carbocycles. The average Bonchev–Trinajstić information content (AvgIpc) is 2.15. The maximum atomic E-state index is 10.9. The average molecular weight is 213 g/mol. The quantitative estimate of drug-likeness (QED) is 0.712. The van der Waals surface area contributed by atoms with Crippen LogP contribution in [0.2, 0.25) is 0 Å². The normalized spacial score (nSPS) is 10.9. The lowest BCUT2D eigenvalue weighted by Gasteiger charge is -2.00. The van der Waals surface area contributed by atoms with E-state index in [2.05, 4.69) is 0 Å². The van der Waals surface area contributed by atoms with Crippen LogP contribution in [-0.4, -0.2) is 21.0 Å². The van der Waals surface area contributed by atoms with E-state index in [1.165, 1.54) is 6.07 Å². The molecule has 14 heavy (non-hydrogen) atoms. The van der Waals surface area contributed by atoms with Crippen molar-refractivity contribution in [2.45, 2.75) is 4.90 Å². The number of hydrogen-bond donors (Lipinski definition) is 1. The van der Waals surface area contributed by atoms with E-state index in [0.29, 0.717) is 12.6 Å². The second-order valence-corrected chi connectivity index (χ2v) is 4.18. The molecule has 0 amide bonds. The van der Waals surface area contributed by atoms with Crippen molar-refractivity contribution in [2.24, 2.45) is 5.14 Å². The number of carbonyl (C=O) groups excluding carboxylic acids is 2. The SMILES string of the molecule is NS(=O)(=O)c1cc(C=O)cc(C=O)c1. The van der Waals surface area contributed by atoms with Gasteiger partial charge in [0.2, 0.25) is 10.0 Å². The molecule has 0 fully saturated rings. The minimum Gasteiger partial charge on any atom is -0.298 e. The third-order valence-corrected chi connectivity index (χ3v) is 2.44. The number of benzene rings is 1.